The van der Waals surface area contributed by atoms with Crippen LogP contribution in [0.3, 0.4) is 0 Å². The maximum Gasteiger partial charge on any atom is 0.199 e. The standard InChI is InChI=1S/C12H15FO2/c1-9-5-6-10(8-11(9)13)15-12-4-2-3-7-14-12/h5-6,8,12H,2-4,7H2,1H3. The minimum absolute atomic E-state index is 0.208. The second-order valence-corrected chi connectivity index (χ2v) is 3.82. The maximum atomic E-state index is 13.2. The molecule has 1 heterocycles. The summed E-state index contributed by atoms with van der Waals surface area (Å²) < 4.78 is 24.1. The summed E-state index contributed by atoms with van der Waals surface area (Å²) in [5.41, 5.74) is 0.631. The minimum atomic E-state index is -0.233. The van der Waals surface area contributed by atoms with Gasteiger partial charge in [0, 0.05) is 12.5 Å². The van der Waals surface area contributed by atoms with Gasteiger partial charge < -0.3 is 9.47 Å². The van der Waals surface area contributed by atoms with Crippen LogP contribution in [0.1, 0.15) is 24.8 Å². The fourth-order valence-corrected chi connectivity index (χ4v) is 1.60. The van der Waals surface area contributed by atoms with Crippen molar-refractivity contribution in [3.05, 3.63) is 29.6 Å². The van der Waals surface area contributed by atoms with Crippen LogP contribution in [0.5, 0.6) is 5.75 Å². The smallest absolute Gasteiger partial charge is 0.199 e. The van der Waals surface area contributed by atoms with Crippen LogP contribution in [0, 0.1) is 12.7 Å². The molecular formula is C12H15FO2. The molecule has 0 bridgehead atoms. The summed E-state index contributed by atoms with van der Waals surface area (Å²) >= 11 is 0. The molecule has 1 aromatic carbocycles. The van der Waals surface area contributed by atoms with Crippen LogP contribution in [0.2, 0.25) is 0 Å². The summed E-state index contributed by atoms with van der Waals surface area (Å²) in [6.07, 6.45) is 2.87. The van der Waals surface area contributed by atoms with Gasteiger partial charge in [-0.25, -0.2) is 4.39 Å². The highest BCUT2D eigenvalue weighted by Gasteiger charge is 2.15. The molecule has 0 aliphatic carbocycles. The van der Waals surface area contributed by atoms with Gasteiger partial charge in [-0.3, -0.25) is 0 Å². The molecule has 1 saturated heterocycles. The lowest BCUT2D eigenvalue weighted by Gasteiger charge is -2.23. The first kappa shape index (κ1) is 10.4. The maximum absolute atomic E-state index is 13.2. The van der Waals surface area contributed by atoms with Crippen molar-refractivity contribution in [2.24, 2.45) is 0 Å². The summed E-state index contributed by atoms with van der Waals surface area (Å²) in [7, 11) is 0. The van der Waals surface area contributed by atoms with Crippen molar-refractivity contribution < 1.29 is 13.9 Å². The summed E-state index contributed by atoms with van der Waals surface area (Å²) in [5, 5.41) is 0. The van der Waals surface area contributed by atoms with Gasteiger partial charge in [-0.15, -0.1) is 0 Å². The zero-order chi connectivity index (χ0) is 10.7. The van der Waals surface area contributed by atoms with Crippen LogP contribution in [0.15, 0.2) is 18.2 Å². The average Bonchev–Trinajstić information content (AvgIpc) is 2.25. The topological polar surface area (TPSA) is 18.5 Å². The number of hydrogen-bond donors (Lipinski definition) is 0. The Labute approximate surface area is 89.0 Å². The molecule has 1 aliphatic rings. The highest BCUT2D eigenvalue weighted by atomic mass is 19.1. The van der Waals surface area contributed by atoms with Gasteiger partial charge in [0.05, 0.1) is 6.61 Å². The molecule has 82 valence electrons. The molecule has 0 radical (unpaired) electrons. The molecule has 1 unspecified atom stereocenters. The predicted molar refractivity (Wildman–Crippen MR) is 55.4 cm³/mol. The van der Waals surface area contributed by atoms with Gasteiger partial charge in [0.1, 0.15) is 11.6 Å². The summed E-state index contributed by atoms with van der Waals surface area (Å²) in [6, 6.07) is 4.90. The second-order valence-electron chi connectivity index (χ2n) is 3.82. The lowest BCUT2D eigenvalue weighted by molar-refractivity contribution is -0.106. The van der Waals surface area contributed by atoms with Crippen molar-refractivity contribution in [1.82, 2.24) is 0 Å². The number of aryl methyl sites for hydroxylation is 1. The Bertz CT molecular complexity index is 332. The van der Waals surface area contributed by atoms with E-state index in [0.717, 1.165) is 25.9 Å². The van der Waals surface area contributed by atoms with Gasteiger partial charge in [-0.1, -0.05) is 6.07 Å². The van der Waals surface area contributed by atoms with Crippen LogP contribution in [-0.2, 0) is 4.74 Å². The van der Waals surface area contributed by atoms with E-state index in [1.54, 1.807) is 19.1 Å². The Hall–Kier alpha value is -1.09. The van der Waals surface area contributed by atoms with Gasteiger partial charge in [0.25, 0.3) is 0 Å². The first-order chi connectivity index (χ1) is 7.25. The van der Waals surface area contributed by atoms with Crippen molar-refractivity contribution >= 4 is 0 Å². The van der Waals surface area contributed by atoms with E-state index in [9.17, 15) is 4.39 Å². The Morgan fingerprint density at radius 1 is 1.40 bits per heavy atom. The van der Waals surface area contributed by atoms with Gasteiger partial charge in [-0.05, 0) is 31.4 Å². The normalized spacial score (nSPS) is 21.3. The largest absolute Gasteiger partial charge is 0.465 e. The van der Waals surface area contributed by atoms with Crippen LogP contribution in [-0.4, -0.2) is 12.9 Å². The molecule has 0 spiro atoms. The fraction of sp³-hybridized carbons (Fsp3) is 0.500. The summed E-state index contributed by atoms with van der Waals surface area (Å²) in [4.78, 5) is 0. The molecule has 0 saturated carbocycles. The molecule has 1 aliphatic heterocycles. The number of hydrogen-bond acceptors (Lipinski definition) is 2. The third-order valence-electron chi connectivity index (χ3n) is 2.55. The van der Waals surface area contributed by atoms with Crippen LogP contribution in [0.25, 0.3) is 0 Å². The third-order valence-corrected chi connectivity index (χ3v) is 2.55. The molecule has 1 atom stereocenters. The SMILES string of the molecule is Cc1ccc(OC2CCCCO2)cc1F. The van der Waals surface area contributed by atoms with Gasteiger partial charge in [-0.2, -0.15) is 0 Å². The summed E-state index contributed by atoms with van der Waals surface area (Å²) in [6.45, 7) is 2.47. The van der Waals surface area contributed by atoms with E-state index in [-0.39, 0.29) is 12.1 Å². The zero-order valence-electron chi connectivity index (χ0n) is 8.83. The average molecular weight is 210 g/mol. The predicted octanol–water partition coefficient (Wildman–Crippen LogP) is 3.04. The first-order valence-corrected chi connectivity index (χ1v) is 5.30. The van der Waals surface area contributed by atoms with Crippen LogP contribution in [0.4, 0.5) is 4.39 Å². The van der Waals surface area contributed by atoms with Gasteiger partial charge >= 0.3 is 0 Å². The second kappa shape index (κ2) is 4.62. The third kappa shape index (κ3) is 2.69. The number of ether oxygens (including phenoxy) is 2. The van der Waals surface area contributed by atoms with Crippen molar-refractivity contribution in [2.75, 3.05) is 6.61 Å². The quantitative estimate of drug-likeness (QED) is 0.747. The Kier molecular flexibility index (Phi) is 3.21. The van der Waals surface area contributed by atoms with E-state index in [1.165, 1.54) is 6.07 Å². The Morgan fingerprint density at radius 2 is 2.27 bits per heavy atom. The van der Waals surface area contributed by atoms with Crippen LogP contribution < -0.4 is 4.74 Å². The highest BCUT2D eigenvalue weighted by Crippen LogP contribution is 2.21. The summed E-state index contributed by atoms with van der Waals surface area (Å²) in [5.74, 6) is 0.313. The molecule has 0 N–H and O–H groups in total. The monoisotopic (exact) mass is 210 g/mol. The van der Waals surface area contributed by atoms with E-state index < -0.39 is 0 Å². The van der Waals surface area contributed by atoms with Crippen molar-refractivity contribution in [3.63, 3.8) is 0 Å². The molecule has 0 amide bonds. The zero-order valence-corrected chi connectivity index (χ0v) is 8.83. The molecule has 2 nitrogen and oxygen atoms in total. The van der Waals surface area contributed by atoms with Gasteiger partial charge in [0.15, 0.2) is 6.29 Å². The highest BCUT2D eigenvalue weighted by molar-refractivity contribution is 5.28. The molecular weight excluding hydrogens is 195 g/mol. The van der Waals surface area contributed by atoms with Crippen molar-refractivity contribution in [3.8, 4) is 5.75 Å². The number of benzene rings is 1. The molecule has 1 aromatic rings. The lowest BCUT2D eigenvalue weighted by Crippen LogP contribution is -2.25. The Balaban J connectivity index is 2.00. The minimum Gasteiger partial charge on any atom is -0.465 e. The molecule has 2 rings (SSSR count). The lowest BCUT2D eigenvalue weighted by atomic mass is 10.2. The molecule has 1 fully saturated rings. The number of halogens is 1. The van der Waals surface area contributed by atoms with E-state index in [2.05, 4.69) is 0 Å². The van der Waals surface area contributed by atoms with E-state index in [0.29, 0.717) is 11.3 Å². The van der Waals surface area contributed by atoms with Crippen LogP contribution >= 0.6 is 0 Å². The molecule has 15 heavy (non-hydrogen) atoms. The molecule has 3 heteroatoms. The van der Waals surface area contributed by atoms with Crippen molar-refractivity contribution in [1.29, 1.82) is 0 Å². The van der Waals surface area contributed by atoms with E-state index >= 15 is 0 Å². The van der Waals surface area contributed by atoms with E-state index in [4.69, 9.17) is 9.47 Å². The Morgan fingerprint density at radius 3 is 2.93 bits per heavy atom. The fourth-order valence-electron chi connectivity index (χ4n) is 1.60. The number of rotatable bonds is 2. The van der Waals surface area contributed by atoms with E-state index in [1.807, 2.05) is 0 Å². The van der Waals surface area contributed by atoms with Gasteiger partial charge in [0.2, 0.25) is 0 Å². The molecule has 0 aromatic heterocycles. The van der Waals surface area contributed by atoms with Crippen molar-refractivity contribution in [2.45, 2.75) is 32.5 Å². The first-order valence-electron chi connectivity index (χ1n) is 5.30.